The lowest BCUT2D eigenvalue weighted by atomic mass is 10.1. The third kappa shape index (κ3) is 6.93. The van der Waals surface area contributed by atoms with Crippen molar-refractivity contribution in [2.45, 2.75) is 59.1 Å². The van der Waals surface area contributed by atoms with Crippen molar-refractivity contribution in [3.63, 3.8) is 0 Å². The van der Waals surface area contributed by atoms with Crippen molar-refractivity contribution in [1.82, 2.24) is 10.2 Å². The fraction of sp³-hybridized carbons (Fsp3) is 0.370. The second kappa shape index (κ2) is 10.4. The molecule has 0 atom stereocenters. The molecule has 0 saturated heterocycles. The molecule has 3 rings (SSSR count). The first-order valence-electron chi connectivity index (χ1n) is 11.9. The van der Waals surface area contributed by atoms with Gasteiger partial charge in [0.1, 0.15) is 5.60 Å². The molecule has 5 amide bonds. The molecular formula is C27H32N4O6. The van der Waals surface area contributed by atoms with Crippen molar-refractivity contribution in [2.24, 2.45) is 0 Å². The highest BCUT2D eigenvalue weighted by Crippen LogP contribution is 2.30. The van der Waals surface area contributed by atoms with Gasteiger partial charge in [0.05, 0.1) is 11.1 Å². The van der Waals surface area contributed by atoms with E-state index in [4.69, 9.17) is 4.74 Å². The van der Waals surface area contributed by atoms with Crippen LogP contribution in [0.25, 0.3) is 0 Å². The predicted octanol–water partition coefficient (Wildman–Crippen LogP) is 4.19. The standard InChI is InChI=1S/C27H32N4O6/c1-26(2,3)31-23(34)19-12-7-16(15-20(19)24(31)35)22(33)30-18-10-8-17(9-11-18)29-21(32)13-14-28-25(36)37-27(4,5)6/h7-12,15H,13-14H2,1-6H3,(H,28,36)(H,29,32)(H,30,33). The van der Waals surface area contributed by atoms with Crippen molar-refractivity contribution in [1.29, 1.82) is 0 Å². The Kier molecular flexibility index (Phi) is 7.71. The molecule has 0 aromatic heterocycles. The van der Waals surface area contributed by atoms with E-state index < -0.39 is 29.0 Å². The minimum atomic E-state index is -0.679. The molecule has 2 aromatic rings. The molecule has 3 N–H and O–H groups in total. The summed E-state index contributed by atoms with van der Waals surface area (Å²) in [5.41, 5.74) is 0.420. The molecule has 1 heterocycles. The lowest BCUT2D eigenvalue weighted by Crippen LogP contribution is -2.45. The van der Waals surface area contributed by atoms with Crippen LogP contribution in [0, 0.1) is 0 Å². The van der Waals surface area contributed by atoms with E-state index in [0.717, 1.165) is 0 Å². The number of amides is 5. The van der Waals surface area contributed by atoms with E-state index in [1.807, 2.05) is 0 Å². The van der Waals surface area contributed by atoms with Crippen LogP contribution in [0.1, 0.15) is 79.0 Å². The minimum Gasteiger partial charge on any atom is -0.444 e. The number of imide groups is 1. The SMILES string of the molecule is CC(C)(C)OC(=O)NCCC(=O)Nc1ccc(NC(=O)c2ccc3c(c2)C(=O)N(C(C)(C)C)C3=O)cc1. The largest absolute Gasteiger partial charge is 0.444 e. The Morgan fingerprint density at radius 3 is 1.95 bits per heavy atom. The first-order chi connectivity index (χ1) is 17.2. The molecule has 1 aliphatic heterocycles. The Balaban J connectivity index is 1.55. The van der Waals surface area contributed by atoms with Gasteiger partial charge in [-0.25, -0.2) is 4.79 Å². The first kappa shape index (κ1) is 27.4. The van der Waals surface area contributed by atoms with E-state index >= 15 is 0 Å². The lowest BCUT2D eigenvalue weighted by molar-refractivity contribution is -0.116. The summed E-state index contributed by atoms with van der Waals surface area (Å²) < 4.78 is 5.11. The molecular weight excluding hydrogens is 476 g/mol. The Hall–Kier alpha value is -4.21. The minimum absolute atomic E-state index is 0.0594. The number of rotatable bonds is 6. The zero-order valence-corrected chi connectivity index (χ0v) is 21.9. The van der Waals surface area contributed by atoms with Gasteiger partial charge < -0.3 is 20.7 Å². The van der Waals surface area contributed by atoms with Crippen molar-refractivity contribution in [3.8, 4) is 0 Å². The average molecular weight is 509 g/mol. The van der Waals surface area contributed by atoms with Gasteiger partial charge in [0, 0.05) is 35.4 Å². The summed E-state index contributed by atoms with van der Waals surface area (Å²) in [6.45, 7) is 10.7. The van der Waals surface area contributed by atoms with Gasteiger partial charge in [-0.05, 0) is 84.0 Å². The van der Waals surface area contributed by atoms with Crippen LogP contribution in [0.5, 0.6) is 0 Å². The summed E-state index contributed by atoms with van der Waals surface area (Å²) in [7, 11) is 0. The van der Waals surface area contributed by atoms with Crippen LogP contribution in [0.15, 0.2) is 42.5 Å². The zero-order chi connectivity index (χ0) is 27.5. The number of nitrogens with one attached hydrogen (secondary N) is 3. The maximum Gasteiger partial charge on any atom is 0.407 e. The molecule has 0 aliphatic carbocycles. The maximum absolute atomic E-state index is 12.8. The molecule has 1 aliphatic rings. The van der Waals surface area contributed by atoms with Gasteiger partial charge in [0.25, 0.3) is 17.7 Å². The Morgan fingerprint density at radius 1 is 0.811 bits per heavy atom. The van der Waals surface area contributed by atoms with Gasteiger partial charge in [0.15, 0.2) is 0 Å². The summed E-state index contributed by atoms with van der Waals surface area (Å²) in [6, 6.07) is 10.9. The summed E-state index contributed by atoms with van der Waals surface area (Å²) in [5, 5.41) is 7.97. The van der Waals surface area contributed by atoms with Gasteiger partial charge in [0.2, 0.25) is 5.91 Å². The predicted molar refractivity (Wildman–Crippen MR) is 139 cm³/mol. The van der Waals surface area contributed by atoms with E-state index in [-0.39, 0.29) is 41.5 Å². The quantitative estimate of drug-likeness (QED) is 0.501. The third-order valence-corrected chi connectivity index (χ3v) is 5.27. The van der Waals surface area contributed by atoms with Crippen LogP contribution in [0.4, 0.5) is 16.2 Å². The second-order valence-electron chi connectivity index (χ2n) is 10.6. The number of nitrogens with zero attached hydrogens (tertiary/aromatic N) is 1. The Labute approximate surface area is 215 Å². The van der Waals surface area contributed by atoms with E-state index in [9.17, 15) is 24.0 Å². The van der Waals surface area contributed by atoms with E-state index in [1.165, 1.54) is 23.1 Å². The van der Waals surface area contributed by atoms with Gasteiger partial charge in [-0.15, -0.1) is 0 Å². The summed E-state index contributed by atoms with van der Waals surface area (Å²) >= 11 is 0. The first-order valence-corrected chi connectivity index (χ1v) is 11.9. The van der Waals surface area contributed by atoms with Crippen molar-refractivity contribution in [3.05, 3.63) is 59.2 Å². The third-order valence-electron chi connectivity index (χ3n) is 5.27. The number of alkyl carbamates (subject to hydrolysis) is 1. The maximum atomic E-state index is 12.8. The van der Waals surface area contributed by atoms with Gasteiger partial charge in [-0.3, -0.25) is 24.1 Å². The average Bonchev–Trinajstić information content (AvgIpc) is 3.03. The number of hydrogen-bond acceptors (Lipinski definition) is 6. The van der Waals surface area contributed by atoms with E-state index in [1.54, 1.807) is 65.8 Å². The monoisotopic (exact) mass is 508 g/mol. The Bertz CT molecular complexity index is 1240. The van der Waals surface area contributed by atoms with Crippen LogP contribution >= 0.6 is 0 Å². The molecule has 0 spiro atoms. The number of hydrogen-bond donors (Lipinski definition) is 3. The molecule has 0 unspecified atom stereocenters. The number of carbonyl (C=O) groups is 5. The van der Waals surface area contributed by atoms with Crippen LogP contribution in [0.2, 0.25) is 0 Å². The molecule has 10 heteroatoms. The lowest BCUT2D eigenvalue weighted by Gasteiger charge is -2.29. The molecule has 196 valence electrons. The fourth-order valence-corrected chi connectivity index (χ4v) is 3.65. The molecule has 2 aromatic carbocycles. The van der Waals surface area contributed by atoms with Crippen molar-refractivity contribution < 1.29 is 28.7 Å². The van der Waals surface area contributed by atoms with Crippen LogP contribution in [-0.4, -0.2) is 52.3 Å². The van der Waals surface area contributed by atoms with Crippen LogP contribution < -0.4 is 16.0 Å². The van der Waals surface area contributed by atoms with Crippen molar-refractivity contribution in [2.75, 3.05) is 17.2 Å². The molecule has 0 bridgehead atoms. The van der Waals surface area contributed by atoms with Gasteiger partial charge in [-0.1, -0.05) is 0 Å². The number of benzene rings is 2. The van der Waals surface area contributed by atoms with Gasteiger partial charge in [-0.2, -0.15) is 0 Å². The van der Waals surface area contributed by atoms with Crippen molar-refractivity contribution >= 4 is 41.1 Å². The number of ether oxygens (including phenoxy) is 1. The summed E-state index contributed by atoms with van der Waals surface area (Å²) in [6.07, 6.45) is -0.532. The number of anilines is 2. The summed E-state index contributed by atoms with van der Waals surface area (Å²) in [5.74, 6) is -1.54. The van der Waals surface area contributed by atoms with Crippen LogP contribution in [0.3, 0.4) is 0 Å². The van der Waals surface area contributed by atoms with E-state index in [0.29, 0.717) is 11.4 Å². The summed E-state index contributed by atoms with van der Waals surface area (Å²) in [4.78, 5) is 63.1. The van der Waals surface area contributed by atoms with E-state index in [2.05, 4.69) is 16.0 Å². The smallest absolute Gasteiger partial charge is 0.407 e. The number of fused-ring (bicyclic) bond motifs is 1. The topological polar surface area (TPSA) is 134 Å². The zero-order valence-electron chi connectivity index (χ0n) is 21.9. The highest BCUT2D eigenvalue weighted by atomic mass is 16.6. The fourth-order valence-electron chi connectivity index (χ4n) is 3.65. The van der Waals surface area contributed by atoms with Crippen LogP contribution in [-0.2, 0) is 9.53 Å². The molecule has 10 nitrogen and oxygen atoms in total. The number of carbonyl (C=O) groups excluding carboxylic acids is 5. The molecule has 37 heavy (non-hydrogen) atoms. The molecule has 0 fully saturated rings. The molecule has 0 saturated carbocycles. The highest BCUT2D eigenvalue weighted by molar-refractivity contribution is 6.22. The van der Waals surface area contributed by atoms with Gasteiger partial charge >= 0.3 is 6.09 Å². The normalized spacial score (nSPS) is 13.2. The second-order valence-corrected chi connectivity index (χ2v) is 10.6. The highest BCUT2D eigenvalue weighted by Gasteiger charge is 2.42. The molecule has 0 radical (unpaired) electrons. The Morgan fingerprint density at radius 2 is 1.38 bits per heavy atom.